The molecule has 2 saturated heterocycles. The summed E-state index contributed by atoms with van der Waals surface area (Å²) < 4.78 is 31.7. The first-order valence-corrected chi connectivity index (χ1v) is 27.3. The number of benzene rings is 2. The zero-order valence-electron chi connectivity index (χ0n) is 43.4. The molecule has 28 nitrogen and oxygen atoms in total. The summed E-state index contributed by atoms with van der Waals surface area (Å²) in [7, 11) is 2.18. The predicted octanol–water partition coefficient (Wildman–Crippen LogP) is -3.71. The van der Waals surface area contributed by atoms with Gasteiger partial charge in [-0.3, -0.25) is 57.7 Å². The van der Waals surface area contributed by atoms with Crippen molar-refractivity contribution in [2.45, 2.75) is 113 Å². The Balaban J connectivity index is 0.00000230. The number of primary amides is 3. The average molecular weight is 1180 g/mol. The molecule has 0 spiro atoms. The number of nitrogens with zero attached hydrogens (tertiary/aromatic N) is 2. The topological polar surface area (TPSA) is 475 Å². The van der Waals surface area contributed by atoms with Crippen molar-refractivity contribution in [1.29, 1.82) is 0 Å². The monoisotopic (exact) mass is 1180 g/mol. The van der Waals surface area contributed by atoms with Gasteiger partial charge in [-0.15, -0.1) is 0 Å². The third-order valence-corrected chi connectivity index (χ3v) is 14.1. The second-order valence-electron chi connectivity index (χ2n) is 18.1. The van der Waals surface area contributed by atoms with Crippen molar-refractivity contribution in [2.24, 2.45) is 33.7 Å². The van der Waals surface area contributed by atoms with E-state index >= 15 is 0 Å². The number of guanidine groups is 1. The third-order valence-electron chi connectivity index (χ3n) is 11.7. The molecule has 2 fully saturated rings. The number of phenols is 1. The number of hydrogen-bond donors (Lipinski definition) is 14. The number of aliphatic imine (C=N–C) groups is 1. The van der Waals surface area contributed by atoms with Crippen LogP contribution < -0.4 is 65.9 Å². The molecule has 0 saturated carbocycles. The van der Waals surface area contributed by atoms with E-state index in [4.69, 9.17) is 38.6 Å². The highest BCUT2D eigenvalue weighted by Crippen LogP contribution is 2.26. The fourth-order valence-electron chi connectivity index (χ4n) is 7.83. The Kier molecular flexibility index (Phi) is 27.5. The number of nitrogens with two attached hydrogens (primary N) is 5. The van der Waals surface area contributed by atoms with Crippen LogP contribution in [-0.4, -0.2) is 172 Å². The number of phenolic OH excluding ortho intramolecular Hbond substituents is 1. The number of hydrogen-bond acceptors (Lipinski definition) is 16. The Morgan fingerprint density at radius 1 is 0.753 bits per heavy atom. The summed E-state index contributed by atoms with van der Waals surface area (Å²) in [5.74, 6) is -12.6. The van der Waals surface area contributed by atoms with E-state index in [0.29, 0.717) is 17.5 Å². The van der Waals surface area contributed by atoms with Gasteiger partial charge in [0.05, 0.1) is 13.0 Å². The molecule has 2 heterocycles. The second-order valence-corrected chi connectivity index (χ2v) is 20.8. The number of carbonyl (C=O) groups excluding carboxylic acids is 11. The van der Waals surface area contributed by atoms with E-state index in [2.05, 4.69) is 42.2 Å². The standard InChI is InChI=1S/C46H64N14O12S2.C2HF3O2/c47-35(62)14-13-29-40(67)58-32(22-36(48)63)43(70)59-33(45(72)60-17-6-12-34(60)44(71)56-28(11-5-16-52-46(50)51)39(66)53-23-37(49)64)24-74-73-18-15-38(65)54-30(21-26-9-4-10-27(61)19-26)41(68)57-31(42(69)55-29)20-25-7-2-1-3-8-25;3-2(4,5)1(6)7/h1-4,7-10,19,28-34,61H,5-6,11-18,20-24H2,(H2,47,62)(H2,48,63)(H2,49,64)(H,53,66)(H,54,65)(H,55,69)(H,56,71)(H,57,68)(H,58,67)(H,59,70)(H4,50,51,52);(H,6,7)/t28-,29+,30+,31+,32+,33+,34+;/m1./s1. The number of carboxylic acid groups (broad SMARTS) is 1. The van der Waals surface area contributed by atoms with Crippen molar-refractivity contribution in [3.8, 4) is 5.75 Å². The van der Waals surface area contributed by atoms with Gasteiger partial charge in [0.2, 0.25) is 65.0 Å². The van der Waals surface area contributed by atoms with Gasteiger partial charge in [-0.25, -0.2) is 4.79 Å². The maximum absolute atomic E-state index is 14.6. The van der Waals surface area contributed by atoms with Gasteiger partial charge in [0, 0.05) is 50.3 Å². The van der Waals surface area contributed by atoms with E-state index in [1.54, 1.807) is 42.5 Å². The number of carbonyl (C=O) groups is 12. The van der Waals surface area contributed by atoms with E-state index in [-0.39, 0.29) is 74.8 Å². The minimum absolute atomic E-state index is 0.0120. The minimum atomic E-state index is -5.08. The average Bonchev–Trinajstić information content (AvgIpc) is 3.91. The van der Waals surface area contributed by atoms with Crippen LogP contribution in [0, 0.1) is 0 Å². The number of aliphatic carboxylic acids is 1. The van der Waals surface area contributed by atoms with Crippen LogP contribution in [0.3, 0.4) is 0 Å². The Morgan fingerprint density at radius 3 is 1.95 bits per heavy atom. The highest BCUT2D eigenvalue weighted by Gasteiger charge is 2.41. The number of rotatable bonds is 19. The van der Waals surface area contributed by atoms with Crippen molar-refractivity contribution >= 4 is 98.5 Å². The fraction of sp³-hybridized carbons (Fsp3) is 0.479. The molecular weight excluding hydrogens is 1120 g/mol. The Bertz CT molecular complexity index is 2620. The zero-order chi connectivity index (χ0) is 60.4. The molecule has 444 valence electrons. The summed E-state index contributed by atoms with van der Waals surface area (Å²) in [6, 6.07) is 4.55. The lowest BCUT2D eigenvalue weighted by atomic mass is 10.0. The zero-order valence-corrected chi connectivity index (χ0v) is 45.0. The molecule has 81 heavy (non-hydrogen) atoms. The van der Waals surface area contributed by atoms with Crippen LogP contribution >= 0.6 is 21.6 Å². The Hall–Kier alpha value is -8.36. The summed E-state index contributed by atoms with van der Waals surface area (Å²) in [6.45, 7) is -0.404. The molecule has 0 aliphatic carbocycles. The number of halogens is 3. The molecule has 0 bridgehead atoms. The molecule has 2 aliphatic rings. The van der Waals surface area contributed by atoms with E-state index in [1.165, 1.54) is 17.0 Å². The van der Waals surface area contributed by atoms with E-state index in [0.717, 1.165) is 21.6 Å². The summed E-state index contributed by atoms with van der Waals surface area (Å²) in [5, 5.41) is 35.2. The largest absolute Gasteiger partial charge is 0.508 e. The van der Waals surface area contributed by atoms with Gasteiger partial charge in [0.1, 0.15) is 48.0 Å². The number of aromatic hydroxyl groups is 1. The third kappa shape index (κ3) is 24.7. The van der Waals surface area contributed by atoms with Gasteiger partial charge in [-0.2, -0.15) is 13.2 Å². The van der Waals surface area contributed by atoms with Crippen LogP contribution in [0.4, 0.5) is 13.2 Å². The van der Waals surface area contributed by atoms with Crippen molar-refractivity contribution in [1.82, 2.24) is 42.1 Å². The molecule has 2 aromatic rings. The maximum atomic E-state index is 14.6. The van der Waals surface area contributed by atoms with Gasteiger partial charge < -0.3 is 81.0 Å². The summed E-state index contributed by atoms with van der Waals surface area (Å²) >= 11 is 0. The van der Waals surface area contributed by atoms with Crippen molar-refractivity contribution in [3.05, 3.63) is 65.7 Å². The van der Waals surface area contributed by atoms with Crippen LogP contribution in [0.5, 0.6) is 5.75 Å². The van der Waals surface area contributed by atoms with Gasteiger partial charge in [-0.05, 0) is 55.4 Å². The molecule has 2 aromatic carbocycles. The fourth-order valence-corrected chi connectivity index (χ4v) is 9.98. The smallest absolute Gasteiger partial charge is 0.490 e. The molecule has 7 atom stereocenters. The SMILES string of the molecule is NC(=O)CC[C@@H]1NC(=O)[C@H](Cc2ccccc2)NC(=O)[C@H](Cc2cccc(O)c2)NC(=O)CCSSC[C@@H](C(=O)N2CCC[C@H]2C(=O)N[C@H](CCCN=C(N)N)C(=O)NCC(N)=O)NC(=O)[C@H](CC(N)=O)NC1=O.O=C(O)C(F)(F)F. The lowest BCUT2D eigenvalue weighted by Gasteiger charge is -2.31. The molecule has 19 N–H and O–H groups in total. The van der Waals surface area contributed by atoms with Crippen LogP contribution in [-0.2, 0) is 70.4 Å². The number of alkyl halides is 3. The Labute approximate surface area is 468 Å². The van der Waals surface area contributed by atoms with E-state index in [1.807, 2.05) is 0 Å². The number of nitrogens with one attached hydrogen (secondary N) is 7. The number of amides is 11. The van der Waals surface area contributed by atoms with E-state index < -0.39 is 145 Å². The molecule has 0 radical (unpaired) electrons. The maximum Gasteiger partial charge on any atom is 0.490 e. The summed E-state index contributed by atoms with van der Waals surface area (Å²) in [4.78, 5) is 162. The normalized spacial score (nSPS) is 20.8. The summed E-state index contributed by atoms with van der Waals surface area (Å²) in [6.07, 6.45) is -6.50. The highest BCUT2D eigenvalue weighted by atomic mass is 33.1. The van der Waals surface area contributed by atoms with Gasteiger partial charge >= 0.3 is 12.1 Å². The first kappa shape index (κ1) is 66.9. The first-order chi connectivity index (χ1) is 38.1. The van der Waals surface area contributed by atoms with Gasteiger partial charge in [0.25, 0.3) is 0 Å². The van der Waals surface area contributed by atoms with Crippen LogP contribution in [0.2, 0.25) is 0 Å². The number of likely N-dealkylation sites (tertiary alicyclic amines) is 1. The van der Waals surface area contributed by atoms with Crippen LogP contribution in [0.25, 0.3) is 0 Å². The summed E-state index contributed by atoms with van der Waals surface area (Å²) in [5.41, 5.74) is 28.0. The van der Waals surface area contributed by atoms with Gasteiger partial charge in [-0.1, -0.05) is 64.1 Å². The molecule has 4 rings (SSSR count). The van der Waals surface area contributed by atoms with Crippen LogP contribution in [0.1, 0.15) is 62.5 Å². The first-order valence-electron chi connectivity index (χ1n) is 24.8. The van der Waals surface area contributed by atoms with Crippen molar-refractivity contribution in [3.63, 3.8) is 0 Å². The second kappa shape index (κ2) is 33.3. The molecule has 2 aliphatic heterocycles. The lowest BCUT2D eigenvalue weighted by Crippen LogP contribution is -2.61. The molecule has 11 amide bonds. The minimum Gasteiger partial charge on any atom is -0.508 e. The van der Waals surface area contributed by atoms with Gasteiger partial charge in [0.15, 0.2) is 5.96 Å². The number of carboxylic acids is 1. The molecule has 0 unspecified atom stereocenters. The van der Waals surface area contributed by atoms with Crippen molar-refractivity contribution < 1.29 is 80.9 Å². The lowest BCUT2D eigenvalue weighted by molar-refractivity contribution is -0.192. The Morgan fingerprint density at radius 2 is 1.35 bits per heavy atom. The molecule has 0 aromatic heterocycles. The predicted molar refractivity (Wildman–Crippen MR) is 286 cm³/mol. The van der Waals surface area contributed by atoms with Crippen molar-refractivity contribution in [2.75, 3.05) is 31.1 Å². The highest BCUT2D eigenvalue weighted by molar-refractivity contribution is 8.76. The van der Waals surface area contributed by atoms with E-state index in [9.17, 15) is 71.0 Å². The molecular formula is C48H65F3N14O14S2. The molecule has 33 heteroatoms. The quantitative estimate of drug-likeness (QED) is 0.0278. The van der Waals surface area contributed by atoms with Crippen LogP contribution in [0.15, 0.2) is 59.6 Å².